The Labute approximate surface area is 121 Å². The lowest BCUT2D eigenvalue weighted by molar-refractivity contribution is -0.115. The Morgan fingerprint density at radius 1 is 1.05 bits per heavy atom. The number of rotatable bonds is 0. The lowest BCUT2D eigenvalue weighted by atomic mass is 10.00. The molecule has 0 aromatic heterocycles. The molecule has 100 valence electrons. The van der Waals surface area contributed by atoms with Crippen LogP contribution in [-0.4, -0.2) is 18.1 Å². The fourth-order valence-electron chi connectivity index (χ4n) is 2.94. The van der Waals surface area contributed by atoms with Crippen molar-refractivity contribution in [2.75, 3.05) is 12.4 Å². The molecule has 0 bridgehead atoms. The van der Waals surface area contributed by atoms with Crippen molar-refractivity contribution in [1.82, 2.24) is 0 Å². The third-order valence-electron chi connectivity index (χ3n) is 3.91. The van der Waals surface area contributed by atoms with Crippen LogP contribution in [0.5, 0.6) is 5.75 Å². The molecule has 0 amide bonds. The highest BCUT2D eigenvalue weighted by Gasteiger charge is 2.27. The standard InChI is InChI=1S/C17H14O2S/c18-15-8-10-20-17-13(15)7-9-19-16-12-4-2-1-3-11(12)5-6-14(16)17/h1-6H,7-10H2. The molecule has 0 spiro atoms. The van der Waals surface area contributed by atoms with Crippen LogP contribution in [0.3, 0.4) is 0 Å². The SMILES string of the molecule is O=C1CCSC2=C1CCOc1c2ccc2ccccc12. The normalized spacial score (nSPS) is 18.3. The number of benzene rings is 2. The monoisotopic (exact) mass is 282 g/mol. The number of hydrogen-bond acceptors (Lipinski definition) is 3. The van der Waals surface area contributed by atoms with Gasteiger partial charge in [0, 0.05) is 40.0 Å². The number of ether oxygens (including phenoxy) is 1. The van der Waals surface area contributed by atoms with Crippen molar-refractivity contribution in [3.05, 3.63) is 47.5 Å². The first-order valence-electron chi connectivity index (χ1n) is 6.88. The fourth-order valence-corrected chi connectivity index (χ4v) is 4.13. The van der Waals surface area contributed by atoms with Crippen LogP contribution in [0.15, 0.2) is 42.0 Å². The Hall–Kier alpha value is -1.74. The summed E-state index contributed by atoms with van der Waals surface area (Å²) in [5.41, 5.74) is 2.06. The van der Waals surface area contributed by atoms with E-state index in [1.807, 2.05) is 12.1 Å². The van der Waals surface area contributed by atoms with Gasteiger partial charge in [-0.05, 0) is 11.5 Å². The van der Waals surface area contributed by atoms with Crippen molar-refractivity contribution in [3.8, 4) is 5.75 Å². The average molecular weight is 282 g/mol. The summed E-state index contributed by atoms with van der Waals surface area (Å²) in [6.45, 7) is 0.589. The van der Waals surface area contributed by atoms with Gasteiger partial charge in [-0.15, -0.1) is 11.8 Å². The van der Waals surface area contributed by atoms with E-state index in [0.717, 1.165) is 39.4 Å². The molecule has 0 saturated carbocycles. The van der Waals surface area contributed by atoms with E-state index >= 15 is 0 Å². The first-order valence-corrected chi connectivity index (χ1v) is 7.87. The van der Waals surface area contributed by atoms with Crippen LogP contribution >= 0.6 is 11.8 Å². The fraction of sp³-hybridized carbons (Fsp3) is 0.235. The topological polar surface area (TPSA) is 26.3 Å². The molecule has 0 unspecified atom stereocenters. The molecule has 0 aliphatic carbocycles. The molecule has 2 aliphatic rings. The summed E-state index contributed by atoms with van der Waals surface area (Å²) >= 11 is 1.79. The van der Waals surface area contributed by atoms with Crippen LogP contribution in [-0.2, 0) is 4.79 Å². The van der Waals surface area contributed by atoms with Gasteiger partial charge in [-0.3, -0.25) is 4.79 Å². The molecular weight excluding hydrogens is 268 g/mol. The highest BCUT2D eigenvalue weighted by Crippen LogP contribution is 2.45. The Bertz CT molecular complexity index is 746. The van der Waals surface area contributed by atoms with Crippen LogP contribution in [0.1, 0.15) is 18.4 Å². The van der Waals surface area contributed by atoms with Gasteiger partial charge in [-0.1, -0.05) is 30.3 Å². The summed E-state index contributed by atoms with van der Waals surface area (Å²) in [6.07, 6.45) is 1.39. The third-order valence-corrected chi connectivity index (χ3v) is 5.07. The molecule has 0 fully saturated rings. The number of carbonyl (C=O) groups excluding carboxylic acids is 1. The van der Waals surface area contributed by atoms with E-state index in [1.165, 1.54) is 5.39 Å². The third kappa shape index (κ3) is 1.77. The molecule has 3 heteroatoms. The number of carbonyl (C=O) groups is 1. The van der Waals surface area contributed by atoms with Crippen molar-refractivity contribution in [3.63, 3.8) is 0 Å². The molecule has 4 rings (SSSR count). The molecule has 0 atom stereocenters. The second-order valence-corrected chi connectivity index (χ2v) is 6.20. The van der Waals surface area contributed by atoms with Crippen LogP contribution in [0.2, 0.25) is 0 Å². The van der Waals surface area contributed by atoms with Gasteiger partial charge in [0.2, 0.25) is 0 Å². The highest BCUT2D eigenvalue weighted by molar-refractivity contribution is 8.08. The van der Waals surface area contributed by atoms with Crippen molar-refractivity contribution in [2.45, 2.75) is 12.8 Å². The van der Waals surface area contributed by atoms with Crippen molar-refractivity contribution in [1.29, 1.82) is 0 Å². The Balaban J connectivity index is 2.01. The van der Waals surface area contributed by atoms with Crippen molar-refractivity contribution >= 4 is 33.2 Å². The summed E-state index contributed by atoms with van der Waals surface area (Å²) in [6, 6.07) is 12.5. The van der Waals surface area contributed by atoms with Crippen molar-refractivity contribution in [2.24, 2.45) is 0 Å². The smallest absolute Gasteiger partial charge is 0.160 e. The molecule has 2 aromatic carbocycles. The molecular formula is C17H14O2S. The predicted molar refractivity (Wildman–Crippen MR) is 83.1 cm³/mol. The molecule has 0 N–H and O–H groups in total. The molecule has 20 heavy (non-hydrogen) atoms. The highest BCUT2D eigenvalue weighted by atomic mass is 32.2. The number of hydrogen-bond donors (Lipinski definition) is 0. The van der Waals surface area contributed by atoms with E-state index < -0.39 is 0 Å². The van der Waals surface area contributed by atoms with Gasteiger partial charge in [0.15, 0.2) is 5.78 Å². The summed E-state index contributed by atoms with van der Waals surface area (Å²) < 4.78 is 5.99. The lowest BCUT2D eigenvalue weighted by Gasteiger charge is -2.17. The second-order valence-electron chi connectivity index (χ2n) is 5.09. The Morgan fingerprint density at radius 3 is 2.90 bits per heavy atom. The maximum Gasteiger partial charge on any atom is 0.160 e. The first-order chi connectivity index (χ1) is 9.84. The van der Waals surface area contributed by atoms with Crippen LogP contribution in [0, 0.1) is 0 Å². The van der Waals surface area contributed by atoms with Gasteiger partial charge in [0.05, 0.1) is 6.61 Å². The van der Waals surface area contributed by atoms with Gasteiger partial charge in [0.25, 0.3) is 0 Å². The van der Waals surface area contributed by atoms with Crippen LogP contribution < -0.4 is 4.74 Å². The minimum atomic E-state index is 0.295. The maximum atomic E-state index is 12.1. The van der Waals surface area contributed by atoms with Gasteiger partial charge >= 0.3 is 0 Å². The zero-order valence-electron chi connectivity index (χ0n) is 11.0. The Morgan fingerprint density at radius 2 is 1.95 bits per heavy atom. The van der Waals surface area contributed by atoms with Crippen LogP contribution in [0.25, 0.3) is 15.7 Å². The largest absolute Gasteiger partial charge is 0.492 e. The molecule has 2 aromatic rings. The van der Waals surface area contributed by atoms with E-state index in [1.54, 1.807) is 11.8 Å². The molecule has 2 aliphatic heterocycles. The van der Waals surface area contributed by atoms with Crippen molar-refractivity contribution < 1.29 is 9.53 Å². The van der Waals surface area contributed by atoms with E-state index in [9.17, 15) is 4.79 Å². The average Bonchev–Trinajstić information content (AvgIpc) is 2.68. The zero-order valence-corrected chi connectivity index (χ0v) is 11.8. The predicted octanol–water partition coefficient (Wildman–Crippen LogP) is 4.04. The number of Topliss-reactive ketones (excluding diaryl/α,β-unsaturated/α-hetero) is 1. The lowest BCUT2D eigenvalue weighted by Crippen LogP contribution is -2.11. The molecule has 2 nitrogen and oxygen atoms in total. The quantitative estimate of drug-likeness (QED) is 0.729. The minimum Gasteiger partial charge on any atom is -0.492 e. The maximum absolute atomic E-state index is 12.1. The minimum absolute atomic E-state index is 0.295. The van der Waals surface area contributed by atoms with E-state index in [-0.39, 0.29) is 0 Å². The summed E-state index contributed by atoms with van der Waals surface area (Å²) in [7, 11) is 0. The zero-order chi connectivity index (χ0) is 13.5. The number of fused-ring (bicyclic) bond motifs is 4. The van der Waals surface area contributed by atoms with Gasteiger partial charge in [-0.25, -0.2) is 0 Å². The van der Waals surface area contributed by atoms with Gasteiger partial charge < -0.3 is 4.74 Å². The van der Waals surface area contributed by atoms with Crippen LogP contribution in [0.4, 0.5) is 0 Å². The summed E-state index contributed by atoms with van der Waals surface area (Å²) in [5, 5.41) is 2.32. The van der Waals surface area contributed by atoms with E-state index in [0.29, 0.717) is 18.8 Å². The summed E-state index contributed by atoms with van der Waals surface area (Å²) in [4.78, 5) is 13.3. The second kappa shape index (κ2) is 4.67. The molecule has 0 radical (unpaired) electrons. The molecule has 0 saturated heterocycles. The number of ketones is 1. The van der Waals surface area contributed by atoms with E-state index in [2.05, 4.69) is 24.3 Å². The van der Waals surface area contributed by atoms with E-state index in [4.69, 9.17) is 4.74 Å². The van der Waals surface area contributed by atoms with Gasteiger partial charge in [-0.2, -0.15) is 0 Å². The number of thioether (sulfide) groups is 1. The Kier molecular flexibility index (Phi) is 2.81. The summed E-state index contributed by atoms with van der Waals surface area (Å²) in [5.74, 6) is 2.11. The first kappa shape index (κ1) is 12.0. The van der Waals surface area contributed by atoms with Gasteiger partial charge in [0.1, 0.15) is 5.75 Å². The molecule has 2 heterocycles.